The Morgan fingerprint density at radius 3 is 0.826 bits per heavy atom. The lowest BCUT2D eigenvalue weighted by Crippen LogP contribution is -2.30. The lowest BCUT2D eigenvalue weighted by Gasteiger charge is -2.21. The van der Waals surface area contributed by atoms with E-state index in [0.717, 1.165) is 115 Å². The molecule has 0 aromatic heterocycles. The maximum absolute atomic E-state index is 13.1. The molecule has 19 heteroatoms. The van der Waals surface area contributed by atoms with Crippen LogP contribution in [0, 0.1) is 11.8 Å². The molecule has 0 spiro atoms. The Morgan fingerprint density at radius 2 is 0.554 bits per heavy atom. The largest absolute Gasteiger partial charge is 0.472 e. The Morgan fingerprint density at radius 1 is 0.315 bits per heavy atom. The highest BCUT2D eigenvalue weighted by molar-refractivity contribution is 7.47. The molecule has 0 aliphatic rings. The minimum Gasteiger partial charge on any atom is -0.462 e. The molecule has 0 amide bonds. The molecule has 0 aliphatic carbocycles. The van der Waals surface area contributed by atoms with E-state index in [9.17, 15) is 43.2 Å². The second kappa shape index (κ2) is 65.0. The van der Waals surface area contributed by atoms with Gasteiger partial charge in [-0.25, -0.2) is 9.13 Å². The van der Waals surface area contributed by atoms with Gasteiger partial charge >= 0.3 is 39.5 Å². The summed E-state index contributed by atoms with van der Waals surface area (Å²) in [6, 6.07) is 0. The Labute approximate surface area is 562 Å². The average Bonchev–Trinajstić information content (AvgIpc) is 2.52. The van der Waals surface area contributed by atoms with Gasteiger partial charge in [-0.05, 0) is 37.5 Å². The summed E-state index contributed by atoms with van der Waals surface area (Å²) in [5.74, 6) is -0.541. The topological polar surface area (TPSA) is 237 Å². The van der Waals surface area contributed by atoms with Gasteiger partial charge in [-0.2, -0.15) is 0 Å². The van der Waals surface area contributed by atoms with E-state index in [2.05, 4.69) is 41.5 Å². The van der Waals surface area contributed by atoms with Gasteiger partial charge < -0.3 is 33.8 Å². The zero-order valence-electron chi connectivity index (χ0n) is 59.9. The Balaban J connectivity index is 5.20. The summed E-state index contributed by atoms with van der Waals surface area (Å²) in [6.07, 6.45) is 51.4. The number of carbonyl (C=O) groups is 4. The summed E-state index contributed by atoms with van der Waals surface area (Å²) < 4.78 is 68.3. The van der Waals surface area contributed by atoms with Gasteiger partial charge in [0, 0.05) is 25.7 Å². The highest BCUT2D eigenvalue weighted by Gasteiger charge is 2.30. The van der Waals surface area contributed by atoms with Gasteiger partial charge in [-0.1, -0.05) is 324 Å². The number of ether oxygens (including phenoxy) is 4. The van der Waals surface area contributed by atoms with E-state index in [4.69, 9.17) is 37.0 Å². The molecule has 0 bridgehead atoms. The van der Waals surface area contributed by atoms with Gasteiger partial charge in [0.05, 0.1) is 26.4 Å². The van der Waals surface area contributed by atoms with Crippen molar-refractivity contribution < 1.29 is 80.2 Å². The van der Waals surface area contributed by atoms with E-state index in [1.807, 2.05) is 0 Å². The van der Waals surface area contributed by atoms with Crippen molar-refractivity contribution in [2.24, 2.45) is 11.8 Å². The second-order valence-corrected chi connectivity index (χ2v) is 30.0. The molecule has 17 nitrogen and oxygen atoms in total. The van der Waals surface area contributed by atoms with E-state index in [0.29, 0.717) is 25.7 Å². The molecule has 3 unspecified atom stereocenters. The number of hydrogen-bond acceptors (Lipinski definition) is 15. The number of aliphatic hydroxyl groups is 1. The fraction of sp³-hybridized carbons (Fsp3) is 0.945. The maximum atomic E-state index is 13.1. The molecule has 0 aromatic rings. The Hall–Kier alpha value is -1.94. The standard InChI is InChI=1S/C73H142O17P2/c1-7-10-12-14-16-17-18-19-20-24-27-32-38-44-50-56-71(76)84-62-69(90-72(77)57-51-45-39-33-28-25-22-21-23-26-31-37-42-48-54-66(6)9-3)64-88-92(81,82)86-60-67(74)59-85-91(79,80)87-63-68(61-83-70(75)55-49-43-35-15-13-11-8-2)89-73(78)58-52-46-40-34-29-30-36-41-47-53-65(4)5/h65-69,74H,7-64H2,1-6H3,(H,79,80)(H,81,82)/t66?,67-,68+,69+/m0/s1. The third-order valence-corrected chi connectivity index (χ3v) is 19.2. The summed E-state index contributed by atoms with van der Waals surface area (Å²) in [5.41, 5.74) is 0. The molecule has 6 atom stereocenters. The molecule has 0 radical (unpaired) electrons. The number of rotatable bonds is 72. The summed E-state index contributed by atoms with van der Waals surface area (Å²) in [7, 11) is -9.90. The molecule has 0 aromatic carbocycles. The second-order valence-electron chi connectivity index (χ2n) is 27.1. The predicted octanol–water partition coefficient (Wildman–Crippen LogP) is 21.2. The van der Waals surface area contributed by atoms with Gasteiger partial charge in [0.1, 0.15) is 19.3 Å². The van der Waals surface area contributed by atoms with Crippen molar-refractivity contribution in [1.29, 1.82) is 0 Å². The van der Waals surface area contributed by atoms with Crippen molar-refractivity contribution in [3.05, 3.63) is 0 Å². The highest BCUT2D eigenvalue weighted by Crippen LogP contribution is 2.45. The third kappa shape index (κ3) is 65.4. The van der Waals surface area contributed by atoms with Crippen molar-refractivity contribution >= 4 is 39.5 Å². The van der Waals surface area contributed by atoms with Crippen molar-refractivity contribution in [3.63, 3.8) is 0 Å². The van der Waals surface area contributed by atoms with E-state index in [-0.39, 0.29) is 25.7 Å². The van der Waals surface area contributed by atoms with Crippen molar-refractivity contribution in [2.75, 3.05) is 39.6 Å². The Kier molecular flexibility index (Phi) is 63.7. The molecule has 0 rings (SSSR count). The van der Waals surface area contributed by atoms with Crippen molar-refractivity contribution in [1.82, 2.24) is 0 Å². The first-order valence-electron chi connectivity index (χ1n) is 38.0. The average molecular weight is 1350 g/mol. The molecule has 3 N–H and O–H groups in total. The summed E-state index contributed by atoms with van der Waals surface area (Å²) in [5, 5.41) is 10.6. The number of aliphatic hydroxyl groups excluding tert-OH is 1. The molecular formula is C73H142O17P2. The third-order valence-electron chi connectivity index (χ3n) is 17.3. The molecule has 0 aliphatic heterocycles. The summed E-state index contributed by atoms with van der Waals surface area (Å²) in [6.45, 7) is 9.56. The van der Waals surface area contributed by atoms with Gasteiger partial charge in [0.15, 0.2) is 12.2 Å². The van der Waals surface area contributed by atoms with Crippen LogP contribution in [-0.2, 0) is 65.4 Å². The van der Waals surface area contributed by atoms with Crippen molar-refractivity contribution in [2.45, 2.75) is 394 Å². The minimum atomic E-state index is -4.95. The first kappa shape index (κ1) is 90.1. The smallest absolute Gasteiger partial charge is 0.462 e. The van der Waals surface area contributed by atoms with Crippen LogP contribution in [0.3, 0.4) is 0 Å². The lowest BCUT2D eigenvalue weighted by atomic mass is 9.99. The Bertz CT molecular complexity index is 1790. The van der Waals surface area contributed by atoms with E-state index in [1.54, 1.807) is 0 Å². The molecule has 0 fully saturated rings. The monoisotopic (exact) mass is 1350 g/mol. The quantitative estimate of drug-likeness (QED) is 0.0222. The van der Waals surface area contributed by atoms with Crippen LogP contribution < -0.4 is 0 Å². The number of unbranched alkanes of at least 4 members (excludes halogenated alkanes) is 41. The van der Waals surface area contributed by atoms with Gasteiger partial charge in [-0.15, -0.1) is 0 Å². The van der Waals surface area contributed by atoms with E-state index in [1.165, 1.54) is 180 Å². The van der Waals surface area contributed by atoms with Gasteiger partial charge in [0.2, 0.25) is 0 Å². The first-order chi connectivity index (χ1) is 44.4. The normalized spacial score (nSPS) is 14.4. The van der Waals surface area contributed by atoms with Gasteiger partial charge in [0.25, 0.3) is 0 Å². The minimum absolute atomic E-state index is 0.105. The van der Waals surface area contributed by atoms with Crippen LogP contribution in [0.4, 0.5) is 0 Å². The fourth-order valence-corrected chi connectivity index (χ4v) is 12.7. The van der Waals surface area contributed by atoms with E-state index < -0.39 is 97.5 Å². The van der Waals surface area contributed by atoms with E-state index >= 15 is 0 Å². The number of hydrogen-bond donors (Lipinski definition) is 3. The van der Waals surface area contributed by atoms with Crippen LogP contribution in [0.5, 0.6) is 0 Å². The maximum Gasteiger partial charge on any atom is 0.472 e. The van der Waals surface area contributed by atoms with Crippen LogP contribution in [0.25, 0.3) is 0 Å². The van der Waals surface area contributed by atoms with Crippen LogP contribution in [0.2, 0.25) is 0 Å². The fourth-order valence-electron chi connectivity index (χ4n) is 11.1. The molecule has 0 saturated carbocycles. The SMILES string of the molecule is CCCCCCCCCCCCCCCCCC(=O)OC[C@H](COP(=O)(O)OC[C@@H](O)COP(=O)(O)OC[C@@H](COC(=O)CCCCCCCCC)OC(=O)CCCCCCCCCCCC(C)C)OC(=O)CCCCCCCCCCCCCCCCC(C)CC. The zero-order valence-corrected chi connectivity index (χ0v) is 61.6. The summed E-state index contributed by atoms with van der Waals surface area (Å²) >= 11 is 0. The van der Waals surface area contributed by atoms with Crippen LogP contribution in [0.15, 0.2) is 0 Å². The number of esters is 4. The zero-order chi connectivity index (χ0) is 67.9. The molecule has 0 heterocycles. The van der Waals surface area contributed by atoms with Crippen LogP contribution in [0.1, 0.15) is 375 Å². The number of phosphoric ester groups is 2. The number of phosphoric acid groups is 2. The predicted molar refractivity (Wildman–Crippen MR) is 372 cm³/mol. The summed E-state index contributed by atoms with van der Waals surface area (Å²) in [4.78, 5) is 72.5. The molecular weight excluding hydrogens is 1210 g/mol. The lowest BCUT2D eigenvalue weighted by molar-refractivity contribution is -0.161. The van der Waals surface area contributed by atoms with Crippen LogP contribution in [-0.4, -0.2) is 96.7 Å². The van der Waals surface area contributed by atoms with Crippen LogP contribution >= 0.6 is 15.6 Å². The number of carbonyl (C=O) groups excluding carboxylic acids is 4. The van der Waals surface area contributed by atoms with Gasteiger partial charge in [-0.3, -0.25) is 37.3 Å². The highest BCUT2D eigenvalue weighted by atomic mass is 31.2. The molecule has 0 saturated heterocycles. The molecule has 92 heavy (non-hydrogen) atoms. The van der Waals surface area contributed by atoms with Crippen molar-refractivity contribution in [3.8, 4) is 0 Å². The molecule has 546 valence electrons. The first-order valence-corrected chi connectivity index (χ1v) is 41.0.